The summed E-state index contributed by atoms with van der Waals surface area (Å²) in [5.74, 6) is 0.0832. The van der Waals surface area contributed by atoms with Gasteiger partial charge in [-0.1, -0.05) is 0 Å². The summed E-state index contributed by atoms with van der Waals surface area (Å²) in [4.78, 5) is 28.1. The summed E-state index contributed by atoms with van der Waals surface area (Å²) < 4.78 is 5.72. The van der Waals surface area contributed by atoms with Crippen LogP contribution in [0.25, 0.3) is 0 Å². The van der Waals surface area contributed by atoms with Crippen molar-refractivity contribution in [1.29, 1.82) is 0 Å². The molecule has 2 heterocycles. The van der Waals surface area contributed by atoms with Gasteiger partial charge in [-0.15, -0.1) is 0 Å². The molecule has 0 aliphatic carbocycles. The van der Waals surface area contributed by atoms with Crippen LogP contribution in [-0.2, 0) is 9.53 Å². The van der Waals surface area contributed by atoms with Gasteiger partial charge in [0, 0.05) is 50.4 Å². The van der Waals surface area contributed by atoms with E-state index in [1.807, 2.05) is 12.1 Å². The maximum atomic E-state index is 12.3. The summed E-state index contributed by atoms with van der Waals surface area (Å²) in [5.41, 5.74) is 1.49. The van der Waals surface area contributed by atoms with Crippen molar-refractivity contribution in [3.05, 3.63) is 29.8 Å². The molecule has 0 aromatic heterocycles. The van der Waals surface area contributed by atoms with Crippen LogP contribution in [0, 0.1) is 0 Å². The highest BCUT2D eigenvalue weighted by atomic mass is 16.5. The van der Waals surface area contributed by atoms with E-state index in [0.29, 0.717) is 18.5 Å². The van der Waals surface area contributed by atoms with E-state index < -0.39 is 0 Å². The molecule has 0 radical (unpaired) electrons. The predicted octanol–water partition coefficient (Wildman–Crippen LogP) is 1.65. The highest BCUT2D eigenvalue weighted by Gasteiger charge is 2.23. The zero-order valence-corrected chi connectivity index (χ0v) is 15.0. The number of nitrogens with zero attached hydrogens (tertiary/aromatic N) is 2. The van der Waals surface area contributed by atoms with Crippen molar-refractivity contribution in [3.63, 3.8) is 0 Å². The van der Waals surface area contributed by atoms with E-state index in [1.54, 1.807) is 17.0 Å². The third kappa shape index (κ3) is 4.58. The number of hydrogen-bond donors (Lipinski definition) is 1. The number of morpholine rings is 1. The molecule has 2 fully saturated rings. The second-order valence-electron chi connectivity index (χ2n) is 6.97. The normalized spacial score (nSPS) is 24.6. The summed E-state index contributed by atoms with van der Waals surface area (Å²) in [7, 11) is 0. The van der Waals surface area contributed by atoms with E-state index in [-0.39, 0.29) is 24.0 Å². The van der Waals surface area contributed by atoms with E-state index >= 15 is 0 Å². The summed E-state index contributed by atoms with van der Waals surface area (Å²) in [6.45, 7) is 8.16. The molecule has 3 rings (SSSR count). The number of nitrogens with one attached hydrogen (secondary N) is 1. The minimum absolute atomic E-state index is 0.0753. The lowest BCUT2D eigenvalue weighted by Gasteiger charge is -2.35. The quantitative estimate of drug-likeness (QED) is 0.881. The van der Waals surface area contributed by atoms with E-state index in [1.165, 1.54) is 0 Å². The average molecular weight is 345 g/mol. The number of anilines is 1. The zero-order valence-electron chi connectivity index (χ0n) is 15.0. The third-order valence-corrected chi connectivity index (χ3v) is 4.72. The fourth-order valence-electron chi connectivity index (χ4n) is 3.61. The average Bonchev–Trinajstić information content (AvgIpc) is 3.00. The lowest BCUT2D eigenvalue weighted by molar-refractivity contribution is -0.117. The highest BCUT2D eigenvalue weighted by molar-refractivity contribution is 5.97. The Kier molecular flexibility index (Phi) is 5.71. The first-order valence-electron chi connectivity index (χ1n) is 9.09. The van der Waals surface area contributed by atoms with Gasteiger partial charge in [0.25, 0.3) is 5.91 Å². The Hall–Kier alpha value is -1.92. The van der Waals surface area contributed by atoms with Gasteiger partial charge in [0.15, 0.2) is 0 Å². The monoisotopic (exact) mass is 345 g/mol. The van der Waals surface area contributed by atoms with Crippen LogP contribution in [0.15, 0.2) is 24.3 Å². The Morgan fingerprint density at radius 3 is 2.48 bits per heavy atom. The fourth-order valence-corrected chi connectivity index (χ4v) is 3.61. The number of benzene rings is 1. The van der Waals surface area contributed by atoms with Gasteiger partial charge in [0.05, 0.1) is 12.2 Å². The highest BCUT2D eigenvalue weighted by Crippen LogP contribution is 2.21. The zero-order chi connectivity index (χ0) is 17.8. The Morgan fingerprint density at radius 1 is 1.20 bits per heavy atom. The molecular weight excluding hydrogens is 318 g/mol. The molecule has 2 amide bonds. The van der Waals surface area contributed by atoms with E-state index in [9.17, 15) is 9.59 Å². The maximum Gasteiger partial charge on any atom is 0.251 e. The van der Waals surface area contributed by atoms with Crippen LogP contribution in [0.3, 0.4) is 0 Å². The Labute approximate surface area is 149 Å². The van der Waals surface area contributed by atoms with Gasteiger partial charge in [-0.3, -0.25) is 14.5 Å². The van der Waals surface area contributed by atoms with Gasteiger partial charge >= 0.3 is 0 Å². The fraction of sp³-hybridized carbons (Fsp3) is 0.579. The minimum atomic E-state index is -0.0753. The molecular formula is C19H27N3O3. The number of rotatable bonds is 5. The molecule has 1 aromatic rings. The molecule has 6 nitrogen and oxygen atoms in total. The molecule has 1 aromatic carbocycles. The maximum absolute atomic E-state index is 12.3. The van der Waals surface area contributed by atoms with Crippen LogP contribution in [0.4, 0.5) is 5.69 Å². The smallest absolute Gasteiger partial charge is 0.251 e. The largest absolute Gasteiger partial charge is 0.373 e. The first-order valence-corrected chi connectivity index (χ1v) is 9.09. The Balaban J connectivity index is 1.47. The molecule has 136 valence electrons. The predicted molar refractivity (Wildman–Crippen MR) is 96.8 cm³/mol. The van der Waals surface area contributed by atoms with E-state index in [0.717, 1.165) is 38.3 Å². The van der Waals surface area contributed by atoms with E-state index in [2.05, 4.69) is 24.1 Å². The lowest BCUT2D eigenvalue weighted by atomic mass is 10.2. The molecule has 0 saturated carbocycles. The second kappa shape index (κ2) is 7.97. The molecule has 1 N–H and O–H groups in total. The number of hydrogen-bond acceptors (Lipinski definition) is 4. The van der Waals surface area contributed by atoms with Crippen LogP contribution in [0.1, 0.15) is 37.0 Å². The summed E-state index contributed by atoms with van der Waals surface area (Å²) in [5, 5.41) is 2.97. The van der Waals surface area contributed by atoms with Gasteiger partial charge in [0.2, 0.25) is 5.91 Å². The number of carbonyl (C=O) groups is 2. The molecule has 0 bridgehead atoms. The van der Waals surface area contributed by atoms with Crippen molar-refractivity contribution in [2.24, 2.45) is 0 Å². The number of amides is 2. The van der Waals surface area contributed by atoms with Crippen LogP contribution in [-0.4, -0.2) is 61.6 Å². The SMILES string of the molecule is CC1CN(CCNC(=O)c2ccc(N3CCCC3=O)cc2)CC(C)O1. The molecule has 2 aliphatic heterocycles. The molecule has 2 aliphatic rings. The summed E-state index contributed by atoms with van der Waals surface area (Å²) in [6.07, 6.45) is 1.99. The van der Waals surface area contributed by atoms with Gasteiger partial charge in [-0.25, -0.2) is 0 Å². The molecule has 0 spiro atoms. The van der Waals surface area contributed by atoms with Crippen molar-refractivity contribution < 1.29 is 14.3 Å². The van der Waals surface area contributed by atoms with E-state index in [4.69, 9.17) is 4.74 Å². The molecule has 2 unspecified atom stereocenters. The first-order chi connectivity index (χ1) is 12.0. The second-order valence-corrected chi connectivity index (χ2v) is 6.97. The van der Waals surface area contributed by atoms with Crippen molar-refractivity contribution >= 4 is 17.5 Å². The Bertz CT molecular complexity index is 607. The number of carbonyl (C=O) groups excluding carboxylic acids is 2. The van der Waals surface area contributed by atoms with Gasteiger partial charge in [0.1, 0.15) is 0 Å². The van der Waals surface area contributed by atoms with Crippen molar-refractivity contribution in [1.82, 2.24) is 10.2 Å². The molecule has 2 atom stereocenters. The van der Waals surface area contributed by atoms with Crippen LogP contribution in [0.2, 0.25) is 0 Å². The van der Waals surface area contributed by atoms with Gasteiger partial charge < -0.3 is 15.0 Å². The number of ether oxygens (including phenoxy) is 1. The van der Waals surface area contributed by atoms with Crippen LogP contribution >= 0.6 is 0 Å². The van der Waals surface area contributed by atoms with Crippen molar-refractivity contribution in [2.75, 3.05) is 37.6 Å². The van der Waals surface area contributed by atoms with Gasteiger partial charge in [-0.2, -0.15) is 0 Å². The van der Waals surface area contributed by atoms with Crippen molar-refractivity contribution in [3.8, 4) is 0 Å². The standard InChI is InChI=1S/C19H27N3O3/c1-14-12-21(13-15(2)25-14)11-9-20-19(24)16-5-7-17(8-6-16)22-10-3-4-18(22)23/h5-8,14-15H,3-4,9-13H2,1-2H3,(H,20,24). The summed E-state index contributed by atoms with van der Waals surface area (Å²) >= 11 is 0. The first kappa shape index (κ1) is 17.9. The molecule has 6 heteroatoms. The lowest BCUT2D eigenvalue weighted by Crippen LogP contribution is -2.47. The topological polar surface area (TPSA) is 61.9 Å². The minimum Gasteiger partial charge on any atom is -0.373 e. The molecule has 25 heavy (non-hydrogen) atoms. The third-order valence-electron chi connectivity index (χ3n) is 4.72. The van der Waals surface area contributed by atoms with Crippen molar-refractivity contribution in [2.45, 2.75) is 38.9 Å². The van der Waals surface area contributed by atoms with Crippen LogP contribution < -0.4 is 10.2 Å². The summed E-state index contributed by atoms with van der Waals surface area (Å²) in [6, 6.07) is 7.28. The Morgan fingerprint density at radius 2 is 1.88 bits per heavy atom. The molecule has 2 saturated heterocycles. The van der Waals surface area contributed by atoms with Crippen LogP contribution in [0.5, 0.6) is 0 Å². The van der Waals surface area contributed by atoms with Gasteiger partial charge in [-0.05, 0) is 44.5 Å².